The average molecular weight is 464 g/mol. The van der Waals surface area contributed by atoms with Crippen molar-refractivity contribution >= 4 is 45.0 Å². The first-order valence-electron chi connectivity index (χ1n) is 8.11. The van der Waals surface area contributed by atoms with E-state index in [4.69, 9.17) is 9.26 Å². The van der Waals surface area contributed by atoms with E-state index in [0.29, 0.717) is 17.1 Å². The number of hydrogen-bond acceptors (Lipinski definition) is 6. The highest BCUT2D eigenvalue weighted by molar-refractivity contribution is 9.10. The fraction of sp³-hybridized carbons (Fsp3) is 0.0556. The number of ether oxygens (including phenoxy) is 1. The van der Waals surface area contributed by atoms with Gasteiger partial charge in [0.05, 0.1) is 11.6 Å². The summed E-state index contributed by atoms with van der Waals surface area (Å²) in [5.74, 6) is 0.0715. The van der Waals surface area contributed by atoms with E-state index in [1.54, 1.807) is 24.3 Å². The summed E-state index contributed by atoms with van der Waals surface area (Å²) in [5.41, 5.74) is 1.10. The van der Waals surface area contributed by atoms with Crippen LogP contribution in [0, 0.1) is 5.82 Å². The molecule has 0 bridgehead atoms. The van der Waals surface area contributed by atoms with Crippen LogP contribution < -0.4 is 20.7 Å². The minimum Gasteiger partial charge on any atom is -0.497 e. The lowest BCUT2D eigenvalue weighted by molar-refractivity contribution is 0.262. The number of carbonyl (C=O) groups is 1. The molecule has 150 valence electrons. The van der Waals surface area contributed by atoms with Crippen molar-refractivity contribution in [3.05, 3.63) is 64.6 Å². The molecule has 11 heteroatoms. The van der Waals surface area contributed by atoms with E-state index in [9.17, 15) is 14.4 Å². The number of hydrogen-bond donors (Lipinski definition) is 4. The summed E-state index contributed by atoms with van der Waals surface area (Å²) in [6, 6.07) is 10.3. The molecule has 9 nitrogen and oxygen atoms in total. The molecule has 0 aliphatic carbocycles. The Labute approximate surface area is 172 Å². The number of nitrogens with one attached hydrogen (secondary N) is 3. The number of methoxy groups -OCH3 is 1. The number of urea groups is 1. The Balaban J connectivity index is 1.73. The van der Waals surface area contributed by atoms with Gasteiger partial charge in [0.1, 0.15) is 23.4 Å². The average Bonchev–Trinajstić information content (AvgIpc) is 3.16. The van der Waals surface area contributed by atoms with Crippen LogP contribution in [0.1, 0.15) is 5.56 Å². The Morgan fingerprint density at radius 3 is 2.72 bits per heavy atom. The zero-order valence-corrected chi connectivity index (χ0v) is 16.5. The molecule has 0 atom stereocenters. The highest BCUT2D eigenvalue weighted by Gasteiger charge is 2.18. The highest BCUT2D eigenvalue weighted by Crippen LogP contribution is 2.22. The molecular weight excluding hydrogens is 449 g/mol. The fourth-order valence-corrected chi connectivity index (χ4v) is 2.70. The Kier molecular flexibility index (Phi) is 6.29. The Hall–Kier alpha value is -3.60. The molecule has 0 aliphatic rings. The van der Waals surface area contributed by atoms with Gasteiger partial charge in [-0.2, -0.15) is 0 Å². The van der Waals surface area contributed by atoms with Crippen molar-refractivity contribution in [2.24, 2.45) is 5.16 Å². The predicted octanol–water partition coefficient (Wildman–Crippen LogP) is 4.48. The van der Waals surface area contributed by atoms with Crippen LogP contribution >= 0.6 is 15.9 Å². The number of amides is 2. The van der Waals surface area contributed by atoms with Gasteiger partial charge in [-0.1, -0.05) is 16.4 Å². The zero-order valence-electron chi connectivity index (χ0n) is 14.9. The van der Waals surface area contributed by atoms with Crippen molar-refractivity contribution < 1.29 is 23.7 Å². The van der Waals surface area contributed by atoms with Crippen LogP contribution in [-0.4, -0.2) is 29.3 Å². The largest absolute Gasteiger partial charge is 0.497 e. The number of amidine groups is 1. The lowest BCUT2D eigenvalue weighted by Gasteiger charge is -2.10. The SMILES string of the molecule is COc1cccc(NC(=O)Nc2nocc2/C(=N/O)Nc2ccc(F)c(Br)c2)c1. The zero-order chi connectivity index (χ0) is 20.8. The Morgan fingerprint density at radius 2 is 2.00 bits per heavy atom. The van der Waals surface area contributed by atoms with Crippen LogP contribution in [-0.2, 0) is 0 Å². The molecule has 2 aromatic carbocycles. The third kappa shape index (κ3) is 5.02. The fourth-order valence-electron chi connectivity index (χ4n) is 2.32. The summed E-state index contributed by atoms with van der Waals surface area (Å²) in [5, 5.41) is 24.1. The highest BCUT2D eigenvalue weighted by atomic mass is 79.9. The summed E-state index contributed by atoms with van der Waals surface area (Å²) in [4.78, 5) is 12.3. The van der Waals surface area contributed by atoms with Gasteiger partial charge in [0.2, 0.25) is 0 Å². The standard InChI is InChI=1S/C18H15BrFN5O4/c1-28-12-4-2-3-10(7-12)22-18(26)23-17-13(9-29-25-17)16(24-27)21-11-5-6-15(20)14(19)8-11/h2-9,27H,1H3,(H,21,24)(H2,22,23,25,26). The topological polar surface area (TPSA) is 121 Å². The number of halogens is 2. The smallest absolute Gasteiger partial charge is 0.324 e. The van der Waals surface area contributed by atoms with Crippen molar-refractivity contribution in [3.8, 4) is 5.75 Å². The molecular formula is C18H15BrFN5O4. The molecule has 0 spiro atoms. The summed E-state index contributed by atoms with van der Waals surface area (Å²) in [7, 11) is 1.52. The van der Waals surface area contributed by atoms with Gasteiger partial charge in [0, 0.05) is 17.4 Å². The van der Waals surface area contributed by atoms with Gasteiger partial charge in [-0.15, -0.1) is 0 Å². The molecule has 29 heavy (non-hydrogen) atoms. The van der Waals surface area contributed by atoms with Crippen LogP contribution in [0.3, 0.4) is 0 Å². The molecule has 3 rings (SSSR count). The van der Waals surface area contributed by atoms with E-state index in [0.717, 1.165) is 0 Å². The third-order valence-corrected chi connectivity index (χ3v) is 4.27. The third-order valence-electron chi connectivity index (χ3n) is 3.67. The lowest BCUT2D eigenvalue weighted by Crippen LogP contribution is -2.22. The number of benzene rings is 2. The van der Waals surface area contributed by atoms with Gasteiger partial charge >= 0.3 is 6.03 Å². The van der Waals surface area contributed by atoms with E-state index in [2.05, 4.69) is 42.2 Å². The van der Waals surface area contributed by atoms with Crippen molar-refractivity contribution in [2.45, 2.75) is 0 Å². The number of oxime groups is 1. The van der Waals surface area contributed by atoms with Crippen molar-refractivity contribution in [1.29, 1.82) is 0 Å². The number of nitrogens with zero attached hydrogens (tertiary/aromatic N) is 2. The predicted molar refractivity (Wildman–Crippen MR) is 108 cm³/mol. The van der Waals surface area contributed by atoms with Gasteiger partial charge < -0.3 is 25.1 Å². The maximum Gasteiger partial charge on any atom is 0.324 e. The van der Waals surface area contributed by atoms with Crippen molar-refractivity contribution in [2.75, 3.05) is 23.1 Å². The molecule has 0 radical (unpaired) electrons. The normalized spacial score (nSPS) is 11.1. The summed E-state index contributed by atoms with van der Waals surface area (Å²) < 4.78 is 23.6. The number of aromatic nitrogens is 1. The second kappa shape index (κ2) is 9.06. The van der Waals surface area contributed by atoms with Gasteiger partial charge in [-0.3, -0.25) is 5.32 Å². The molecule has 3 aromatic rings. The van der Waals surface area contributed by atoms with E-state index in [1.165, 1.54) is 31.6 Å². The quantitative estimate of drug-likeness (QED) is 0.191. The second-order valence-corrected chi connectivity index (χ2v) is 6.44. The molecule has 2 amide bonds. The Bertz CT molecular complexity index is 1060. The van der Waals surface area contributed by atoms with E-state index < -0.39 is 11.8 Å². The molecule has 1 aromatic heterocycles. The maximum absolute atomic E-state index is 13.4. The number of anilines is 3. The van der Waals surface area contributed by atoms with Gasteiger partial charge in [-0.25, -0.2) is 9.18 Å². The van der Waals surface area contributed by atoms with Crippen molar-refractivity contribution in [1.82, 2.24) is 5.16 Å². The van der Waals surface area contributed by atoms with Crippen LogP contribution in [0.5, 0.6) is 5.75 Å². The first kappa shape index (κ1) is 20.1. The molecule has 0 saturated carbocycles. The summed E-state index contributed by atoms with van der Waals surface area (Å²) in [6.07, 6.45) is 1.18. The maximum atomic E-state index is 13.4. The van der Waals surface area contributed by atoms with Gasteiger partial charge in [0.15, 0.2) is 11.7 Å². The van der Waals surface area contributed by atoms with Crippen LogP contribution in [0.2, 0.25) is 0 Å². The second-order valence-electron chi connectivity index (χ2n) is 5.59. The molecule has 1 heterocycles. The monoisotopic (exact) mass is 463 g/mol. The molecule has 0 saturated heterocycles. The molecule has 0 unspecified atom stereocenters. The molecule has 0 fully saturated rings. The van der Waals surface area contributed by atoms with Crippen molar-refractivity contribution in [3.63, 3.8) is 0 Å². The number of rotatable bonds is 5. The van der Waals surface area contributed by atoms with E-state index in [1.807, 2.05) is 0 Å². The summed E-state index contributed by atoms with van der Waals surface area (Å²) in [6.45, 7) is 0. The first-order chi connectivity index (χ1) is 14.0. The Morgan fingerprint density at radius 1 is 1.21 bits per heavy atom. The van der Waals surface area contributed by atoms with Gasteiger partial charge in [0.25, 0.3) is 0 Å². The van der Waals surface area contributed by atoms with Gasteiger partial charge in [-0.05, 0) is 46.3 Å². The lowest BCUT2D eigenvalue weighted by atomic mass is 10.2. The minimum atomic E-state index is -0.602. The van der Waals surface area contributed by atoms with Crippen LogP contribution in [0.25, 0.3) is 0 Å². The van der Waals surface area contributed by atoms with Crippen LogP contribution in [0.4, 0.5) is 26.4 Å². The van der Waals surface area contributed by atoms with E-state index in [-0.39, 0.29) is 21.7 Å². The molecule has 0 aliphatic heterocycles. The van der Waals surface area contributed by atoms with Crippen LogP contribution in [0.15, 0.2) is 62.9 Å². The van der Waals surface area contributed by atoms with E-state index >= 15 is 0 Å². The number of carbonyl (C=O) groups excluding carboxylic acids is 1. The summed E-state index contributed by atoms with van der Waals surface area (Å²) >= 11 is 3.07. The molecule has 4 N–H and O–H groups in total. The minimum absolute atomic E-state index is 0.00636. The first-order valence-corrected chi connectivity index (χ1v) is 8.90.